The Morgan fingerprint density at radius 1 is 1.33 bits per heavy atom. The number of H-pyrrole nitrogens is 1. The van der Waals surface area contributed by atoms with Gasteiger partial charge in [0.2, 0.25) is 0 Å². The Balaban J connectivity index is 2.16. The normalized spacial score (nSPS) is 29.8. The van der Waals surface area contributed by atoms with E-state index >= 15 is 0 Å². The molecule has 0 radical (unpaired) electrons. The van der Waals surface area contributed by atoms with Crippen LogP contribution in [0.2, 0.25) is 19.6 Å². The quantitative estimate of drug-likeness (QED) is 0.615. The summed E-state index contributed by atoms with van der Waals surface area (Å²) in [5.41, 5.74) is -1.24. The molecule has 118 valence electrons. The van der Waals surface area contributed by atoms with E-state index in [2.05, 4.69) is 4.98 Å². The van der Waals surface area contributed by atoms with Crippen LogP contribution in [-0.2, 0) is 9.16 Å². The van der Waals surface area contributed by atoms with Crippen LogP contribution in [0.3, 0.4) is 0 Å². The number of aliphatic hydroxyl groups is 2. The number of aromatic nitrogens is 2. The maximum absolute atomic E-state index is 11.7. The summed E-state index contributed by atoms with van der Waals surface area (Å²) in [6.45, 7) is 6.13. The third kappa shape index (κ3) is 3.69. The molecule has 0 aromatic carbocycles. The van der Waals surface area contributed by atoms with Gasteiger partial charge in [0.25, 0.3) is 5.56 Å². The van der Waals surface area contributed by atoms with E-state index in [-0.39, 0.29) is 6.61 Å². The third-order valence-corrected chi connectivity index (χ3v) is 4.18. The highest BCUT2D eigenvalue weighted by molar-refractivity contribution is 6.69. The maximum atomic E-state index is 11.7. The highest BCUT2D eigenvalue weighted by atomic mass is 28.4. The molecule has 0 unspecified atom stereocenters. The lowest BCUT2D eigenvalue weighted by atomic mass is 10.1. The molecule has 1 aliphatic rings. The van der Waals surface area contributed by atoms with E-state index in [1.54, 1.807) is 0 Å². The molecule has 2 rings (SSSR count). The van der Waals surface area contributed by atoms with E-state index in [9.17, 15) is 19.8 Å². The van der Waals surface area contributed by atoms with Crippen molar-refractivity contribution < 1.29 is 19.4 Å². The summed E-state index contributed by atoms with van der Waals surface area (Å²) >= 11 is 0. The summed E-state index contributed by atoms with van der Waals surface area (Å²) in [6.07, 6.45) is -2.99. The zero-order valence-corrected chi connectivity index (χ0v) is 13.1. The first-order chi connectivity index (χ1) is 9.69. The van der Waals surface area contributed by atoms with Crippen LogP contribution in [0.1, 0.15) is 6.23 Å². The topological polar surface area (TPSA) is 114 Å². The molecule has 0 spiro atoms. The first-order valence-corrected chi connectivity index (χ1v) is 10.1. The number of ether oxygens (including phenoxy) is 1. The van der Waals surface area contributed by atoms with Gasteiger partial charge in [-0.2, -0.15) is 0 Å². The molecule has 1 fully saturated rings. The molecule has 0 aliphatic carbocycles. The lowest BCUT2D eigenvalue weighted by Gasteiger charge is -2.22. The van der Waals surface area contributed by atoms with Crippen molar-refractivity contribution in [2.24, 2.45) is 0 Å². The summed E-state index contributed by atoms with van der Waals surface area (Å²) in [5.74, 6) is 0. The Morgan fingerprint density at radius 3 is 2.57 bits per heavy atom. The number of nitrogens with one attached hydrogen (secondary N) is 1. The summed E-state index contributed by atoms with van der Waals surface area (Å²) in [4.78, 5) is 24.8. The zero-order chi connectivity index (χ0) is 15.8. The molecule has 3 N–H and O–H groups in total. The van der Waals surface area contributed by atoms with Crippen molar-refractivity contribution in [1.82, 2.24) is 9.55 Å². The lowest BCUT2D eigenvalue weighted by Crippen LogP contribution is -2.38. The second kappa shape index (κ2) is 5.85. The van der Waals surface area contributed by atoms with Gasteiger partial charge >= 0.3 is 5.69 Å². The molecule has 2 heterocycles. The number of nitrogens with zero attached hydrogens (tertiary/aromatic N) is 1. The average Bonchev–Trinajstić information content (AvgIpc) is 2.64. The Labute approximate surface area is 122 Å². The first kappa shape index (κ1) is 16.1. The van der Waals surface area contributed by atoms with Crippen molar-refractivity contribution in [3.8, 4) is 0 Å². The molecule has 8 nitrogen and oxygen atoms in total. The highest BCUT2D eigenvalue weighted by Gasteiger charge is 2.44. The summed E-state index contributed by atoms with van der Waals surface area (Å²) < 4.78 is 12.2. The third-order valence-electron chi connectivity index (χ3n) is 3.14. The van der Waals surface area contributed by atoms with Gasteiger partial charge in [-0.25, -0.2) is 4.79 Å². The van der Waals surface area contributed by atoms with Gasteiger partial charge < -0.3 is 19.4 Å². The monoisotopic (exact) mass is 316 g/mol. The number of hydrogen-bond donors (Lipinski definition) is 3. The van der Waals surface area contributed by atoms with Crippen molar-refractivity contribution in [1.29, 1.82) is 0 Å². The van der Waals surface area contributed by atoms with Gasteiger partial charge in [-0.1, -0.05) is 0 Å². The van der Waals surface area contributed by atoms with Gasteiger partial charge in [-0.05, 0) is 19.6 Å². The molecule has 21 heavy (non-hydrogen) atoms. The van der Waals surface area contributed by atoms with Gasteiger partial charge in [0.05, 0.1) is 6.61 Å². The predicted molar refractivity (Wildman–Crippen MR) is 76.5 cm³/mol. The van der Waals surface area contributed by atoms with Crippen LogP contribution in [0.4, 0.5) is 0 Å². The Bertz CT molecular complexity index is 607. The fourth-order valence-corrected chi connectivity index (χ4v) is 2.72. The van der Waals surface area contributed by atoms with E-state index in [1.807, 2.05) is 19.6 Å². The van der Waals surface area contributed by atoms with Crippen LogP contribution in [-0.4, -0.2) is 53.0 Å². The molecule has 0 amide bonds. The Morgan fingerprint density at radius 2 is 2.00 bits per heavy atom. The number of rotatable bonds is 4. The van der Waals surface area contributed by atoms with Gasteiger partial charge in [0.1, 0.15) is 18.3 Å². The fourth-order valence-electron chi connectivity index (χ4n) is 2.06. The summed E-state index contributed by atoms with van der Waals surface area (Å²) in [6, 6.07) is 1.15. The SMILES string of the molecule is C[Si](C)(C)OC[C@H]1O[C@@H](n2ccc(=O)[nH]c2=O)[C@H](O)[C@@H]1O. The second-order valence-corrected chi connectivity index (χ2v) is 10.5. The molecule has 9 heteroatoms. The van der Waals surface area contributed by atoms with E-state index in [4.69, 9.17) is 9.16 Å². The van der Waals surface area contributed by atoms with E-state index in [1.165, 1.54) is 6.20 Å². The van der Waals surface area contributed by atoms with Gasteiger partial charge in [0.15, 0.2) is 14.5 Å². The first-order valence-electron chi connectivity index (χ1n) is 6.66. The van der Waals surface area contributed by atoms with Crippen LogP contribution in [0, 0.1) is 0 Å². The second-order valence-electron chi connectivity index (χ2n) is 5.99. The molecule has 0 saturated carbocycles. The molecule has 4 atom stereocenters. The van der Waals surface area contributed by atoms with E-state index in [0.717, 1.165) is 10.6 Å². The standard InChI is InChI=1S/C12H20N2O6Si/c1-21(2,3)19-6-7-9(16)10(17)11(20-7)14-5-4-8(15)13-12(14)18/h4-5,7,9-11,16-17H,6H2,1-3H3,(H,13,15,18)/t7-,9-,10-,11-/m1/s1. The number of aromatic amines is 1. The Kier molecular flexibility index (Phi) is 4.49. The molecule has 1 aliphatic heterocycles. The van der Waals surface area contributed by atoms with Crippen molar-refractivity contribution in [3.05, 3.63) is 33.1 Å². The number of hydrogen-bond acceptors (Lipinski definition) is 6. The van der Waals surface area contributed by atoms with Crippen LogP contribution < -0.4 is 11.2 Å². The fraction of sp³-hybridized carbons (Fsp3) is 0.667. The highest BCUT2D eigenvalue weighted by Crippen LogP contribution is 2.28. The average molecular weight is 316 g/mol. The molecular weight excluding hydrogens is 296 g/mol. The molecule has 1 aromatic heterocycles. The zero-order valence-electron chi connectivity index (χ0n) is 12.1. The minimum Gasteiger partial charge on any atom is -0.415 e. The van der Waals surface area contributed by atoms with Crippen molar-refractivity contribution >= 4 is 8.32 Å². The van der Waals surface area contributed by atoms with E-state index < -0.39 is 44.1 Å². The molecule has 1 aromatic rings. The molecule has 1 saturated heterocycles. The molecule has 0 bridgehead atoms. The van der Waals surface area contributed by atoms with Crippen LogP contribution in [0.5, 0.6) is 0 Å². The summed E-state index contributed by atoms with van der Waals surface area (Å²) in [5, 5.41) is 20.0. The maximum Gasteiger partial charge on any atom is 0.330 e. The van der Waals surface area contributed by atoms with Crippen LogP contribution >= 0.6 is 0 Å². The largest absolute Gasteiger partial charge is 0.415 e. The Hall–Kier alpha value is -1.26. The van der Waals surface area contributed by atoms with Crippen molar-refractivity contribution in [3.63, 3.8) is 0 Å². The number of aliphatic hydroxyl groups excluding tert-OH is 2. The lowest BCUT2D eigenvalue weighted by molar-refractivity contribution is -0.0525. The van der Waals surface area contributed by atoms with Gasteiger partial charge in [-0.3, -0.25) is 14.3 Å². The smallest absolute Gasteiger partial charge is 0.330 e. The van der Waals surface area contributed by atoms with Gasteiger partial charge in [0, 0.05) is 12.3 Å². The van der Waals surface area contributed by atoms with Crippen LogP contribution in [0.25, 0.3) is 0 Å². The van der Waals surface area contributed by atoms with Gasteiger partial charge in [-0.15, -0.1) is 0 Å². The summed E-state index contributed by atoms with van der Waals surface area (Å²) in [7, 11) is -1.78. The van der Waals surface area contributed by atoms with Crippen LogP contribution in [0.15, 0.2) is 21.9 Å². The van der Waals surface area contributed by atoms with E-state index in [0.29, 0.717) is 0 Å². The van der Waals surface area contributed by atoms with Crippen molar-refractivity contribution in [2.75, 3.05) is 6.61 Å². The minimum atomic E-state index is -1.78. The predicted octanol–water partition coefficient (Wildman–Crippen LogP) is -0.993. The molecular formula is C12H20N2O6Si. The minimum absolute atomic E-state index is 0.141. The van der Waals surface area contributed by atoms with Crippen molar-refractivity contribution in [2.45, 2.75) is 44.2 Å².